The second kappa shape index (κ2) is 10.6. The van der Waals surface area contributed by atoms with Gasteiger partial charge in [0.15, 0.2) is 6.61 Å². The normalized spacial score (nSPS) is 22.2. The molecule has 0 radical (unpaired) electrons. The van der Waals surface area contributed by atoms with Crippen LogP contribution in [0.5, 0.6) is 5.75 Å². The van der Waals surface area contributed by atoms with Crippen molar-refractivity contribution in [2.45, 2.75) is 57.9 Å². The first kappa shape index (κ1) is 28.5. The lowest BCUT2D eigenvalue weighted by Crippen LogP contribution is -2.39. The van der Waals surface area contributed by atoms with Crippen molar-refractivity contribution in [3.63, 3.8) is 0 Å². The van der Waals surface area contributed by atoms with E-state index in [0.29, 0.717) is 18.9 Å². The van der Waals surface area contributed by atoms with E-state index in [1.165, 1.54) is 6.07 Å². The first-order chi connectivity index (χ1) is 17.7. The van der Waals surface area contributed by atoms with E-state index in [1.54, 1.807) is 24.3 Å². The SMILES string of the molecule is CCOc1ccc(NS(=O)(=O)c2cc(C(=O)OCC(=O)N3CC4(C)CC3CC(C)(C)C4)c(Cl)cc2Cl)cc1. The van der Waals surface area contributed by atoms with Crippen molar-refractivity contribution in [2.75, 3.05) is 24.5 Å². The van der Waals surface area contributed by atoms with Gasteiger partial charge in [0.25, 0.3) is 15.9 Å². The van der Waals surface area contributed by atoms with Crippen LogP contribution in [0.2, 0.25) is 10.0 Å². The van der Waals surface area contributed by atoms with Crippen LogP contribution in [-0.2, 0) is 19.6 Å². The summed E-state index contributed by atoms with van der Waals surface area (Å²) in [6.45, 7) is 9.10. The Balaban J connectivity index is 1.46. The molecule has 0 aromatic heterocycles. The molecule has 1 aliphatic carbocycles. The number of rotatable bonds is 8. The van der Waals surface area contributed by atoms with Crippen molar-refractivity contribution in [2.24, 2.45) is 10.8 Å². The van der Waals surface area contributed by atoms with Gasteiger partial charge in [-0.3, -0.25) is 9.52 Å². The van der Waals surface area contributed by atoms with Crippen LogP contribution < -0.4 is 9.46 Å². The Morgan fingerprint density at radius 1 is 1.08 bits per heavy atom. The van der Waals surface area contributed by atoms with Gasteiger partial charge in [-0.1, -0.05) is 44.0 Å². The van der Waals surface area contributed by atoms with Crippen LogP contribution in [-0.4, -0.2) is 51.0 Å². The van der Waals surface area contributed by atoms with Crippen molar-refractivity contribution >= 4 is 50.8 Å². The molecular formula is C27H32Cl2N2O6S. The Kier molecular flexibility index (Phi) is 7.94. The average molecular weight is 584 g/mol. The summed E-state index contributed by atoms with van der Waals surface area (Å²) in [6.07, 6.45) is 2.86. The monoisotopic (exact) mass is 582 g/mol. The molecule has 1 N–H and O–H groups in total. The smallest absolute Gasteiger partial charge is 0.340 e. The number of esters is 1. The molecule has 11 heteroatoms. The highest BCUT2D eigenvalue weighted by Crippen LogP contribution is 2.52. The summed E-state index contributed by atoms with van der Waals surface area (Å²) in [5, 5.41) is -0.250. The number of anilines is 1. The Bertz CT molecular complexity index is 1350. The molecule has 1 aliphatic heterocycles. The molecule has 2 atom stereocenters. The molecule has 4 rings (SSSR count). The zero-order chi connectivity index (χ0) is 27.9. The van der Waals surface area contributed by atoms with Crippen molar-refractivity contribution in [1.82, 2.24) is 4.90 Å². The van der Waals surface area contributed by atoms with Gasteiger partial charge in [0.1, 0.15) is 10.6 Å². The Hall–Kier alpha value is -2.49. The van der Waals surface area contributed by atoms with E-state index in [1.807, 2.05) is 11.8 Å². The summed E-state index contributed by atoms with van der Waals surface area (Å²) < 4.78 is 39.2. The van der Waals surface area contributed by atoms with Gasteiger partial charge in [-0.05, 0) is 73.4 Å². The molecule has 1 saturated carbocycles. The molecule has 2 unspecified atom stereocenters. The molecule has 1 amide bonds. The van der Waals surface area contributed by atoms with Crippen molar-refractivity contribution in [3.8, 4) is 5.75 Å². The lowest BCUT2D eigenvalue weighted by Gasteiger charge is -2.39. The molecular weight excluding hydrogens is 551 g/mol. The zero-order valence-electron chi connectivity index (χ0n) is 21.8. The quantitative estimate of drug-likeness (QED) is 0.396. The van der Waals surface area contributed by atoms with Crippen LogP contribution in [0.1, 0.15) is 57.3 Å². The van der Waals surface area contributed by atoms with Crippen LogP contribution >= 0.6 is 23.2 Å². The van der Waals surface area contributed by atoms with Gasteiger partial charge < -0.3 is 14.4 Å². The molecule has 2 aromatic carbocycles. The molecule has 2 aromatic rings. The van der Waals surface area contributed by atoms with Gasteiger partial charge in [-0.2, -0.15) is 0 Å². The molecule has 1 heterocycles. The predicted molar refractivity (Wildman–Crippen MR) is 146 cm³/mol. The first-order valence-corrected chi connectivity index (χ1v) is 14.7. The molecule has 38 heavy (non-hydrogen) atoms. The zero-order valence-corrected chi connectivity index (χ0v) is 24.2. The highest BCUT2D eigenvalue weighted by atomic mass is 35.5. The predicted octanol–water partition coefficient (Wildman–Crippen LogP) is 5.78. The first-order valence-electron chi connectivity index (χ1n) is 12.4. The minimum Gasteiger partial charge on any atom is -0.494 e. The van der Waals surface area contributed by atoms with Gasteiger partial charge in [-0.15, -0.1) is 0 Å². The van der Waals surface area contributed by atoms with Crippen LogP contribution in [0.25, 0.3) is 0 Å². The molecule has 2 bridgehead atoms. The Morgan fingerprint density at radius 3 is 2.42 bits per heavy atom. The summed E-state index contributed by atoms with van der Waals surface area (Å²) in [5.41, 5.74) is 0.262. The van der Waals surface area contributed by atoms with E-state index in [2.05, 4.69) is 25.5 Å². The third-order valence-electron chi connectivity index (χ3n) is 7.01. The highest BCUT2D eigenvalue weighted by molar-refractivity contribution is 7.92. The summed E-state index contributed by atoms with van der Waals surface area (Å²) in [6, 6.07) is 8.67. The second-order valence-corrected chi connectivity index (χ2v) is 13.6. The average Bonchev–Trinajstić information content (AvgIpc) is 3.07. The number of benzene rings is 2. The number of amides is 1. The minimum atomic E-state index is -4.18. The van der Waals surface area contributed by atoms with Crippen LogP contribution in [0.4, 0.5) is 5.69 Å². The van der Waals surface area contributed by atoms with E-state index < -0.39 is 22.6 Å². The second-order valence-electron chi connectivity index (χ2n) is 11.1. The van der Waals surface area contributed by atoms with Crippen LogP contribution in [0.3, 0.4) is 0 Å². The lowest BCUT2D eigenvalue weighted by atomic mass is 9.65. The number of likely N-dealkylation sites (tertiary alicyclic amines) is 1. The number of sulfonamides is 1. The number of carbonyl (C=O) groups excluding carboxylic acids is 2. The maximum absolute atomic E-state index is 13.1. The number of nitrogens with one attached hydrogen (secondary N) is 1. The highest BCUT2D eigenvalue weighted by Gasteiger charge is 2.51. The van der Waals surface area contributed by atoms with Crippen molar-refractivity contribution in [1.29, 1.82) is 0 Å². The number of nitrogens with zero attached hydrogens (tertiary/aromatic N) is 1. The molecule has 1 saturated heterocycles. The summed E-state index contributed by atoms with van der Waals surface area (Å²) in [5.74, 6) is -0.596. The van der Waals surface area contributed by atoms with Gasteiger partial charge in [0.05, 0.1) is 22.2 Å². The van der Waals surface area contributed by atoms with E-state index in [9.17, 15) is 18.0 Å². The maximum Gasteiger partial charge on any atom is 0.340 e. The van der Waals surface area contributed by atoms with Crippen molar-refractivity contribution in [3.05, 3.63) is 52.0 Å². The number of fused-ring (bicyclic) bond motifs is 2. The maximum atomic E-state index is 13.1. The van der Waals surface area contributed by atoms with Gasteiger partial charge in [0, 0.05) is 18.3 Å². The fourth-order valence-corrected chi connectivity index (χ4v) is 7.84. The van der Waals surface area contributed by atoms with Gasteiger partial charge in [0.2, 0.25) is 0 Å². The number of ether oxygens (including phenoxy) is 2. The third kappa shape index (κ3) is 6.21. The fourth-order valence-electron chi connectivity index (χ4n) is 5.93. The summed E-state index contributed by atoms with van der Waals surface area (Å²) in [7, 11) is -4.18. The van der Waals surface area contributed by atoms with E-state index >= 15 is 0 Å². The van der Waals surface area contributed by atoms with E-state index in [-0.39, 0.29) is 49.0 Å². The third-order valence-corrected chi connectivity index (χ3v) is 9.17. The van der Waals surface area contributed by atoms with E-state index in [4.69, 9.17) is 32.7 Å². The molecule has 8 nitrogen and oxygen atoms in total. The largest absolute Gasteiger partial charge is 0.494 e. The molecule has 0 spiro atoms. The van der Waals surface area contributed by atoms with E-state index in [0.717, 1.165) is 25.3 Å². The standard InChI is InChI=1S/C27H32Cl2N2O6S/c1-5-36-19-8-6-17(7-9-19)30-38(34,35)23-10-20(21(28)11-22(23)29)25(33)37-14-24(32)31-16-27(4)13-18(31)12-26(2,3)15-27/h6-11,18,30H,5,12-16H2,1-4H3. The van der Waals surface area contributed by atoms with Crippen molar-refractivity contribution < 1.29 is 27.5 Å². The number of hydrogen-bond donors (Lipinski definition) is 1. The molecule has 2 aliphatic rings. The fraction of sp³-hybridized carbons (Fsp3) is 0.481. The summed E-state index contributed by atoms with van der Waals surface area (Å²) >= 11 is 12.4. The molecule has 2 fully saturated rings. The Labute approximate surface area is 233 Å². The lowest BCUT2D eigenvalue weighted by molar-refractivity contribution is -0.135. The topological polar surface area (TPSA) is 102 Å². The number of halogens is 2. The van der Waals surface area contributed by atoms with Gasteiger partial charge in [-0.25, -0.2) is 13.2 Å². The minimum absolute atomic E-state index is 0.0468. The Morgan fingerprint density at radius 2 is 1.76 bits per heavy atom. The van der Waals surface area contributed by atoms with Gasteiger partial charge >= 0.3 is 5.97 Å². The van der Waals surface area contributed by atoms with Crippen LogP contribution in [0.15, 0.2) is 41.3 Å². The number of carbonyl (C=O) groups is 2. The van der Waals surface area contributed by atoms with Crippen LogP contribution in [0, 0.1) is 10.8 Å². The molecule has 206 valence electrons. The number of hydrogen-bond acceptors (Lipinski definition) is 6. The summed E-state index contributed by atoms with van der Waals surface area (Å²) in [4.78, 5) is 27.3.